The summed E-state index contributed by atoms with van der Waals surface area (Å²) in [7, 11) is 0. The summed E-state index contributed by atoms with van der Waals surface area (Å²) in [5.41, 5.74) is 2.44. The lowest BCUT2D eigenvalue weighted by molar-refractivity contribution is 0.0697. The van der Waals surface area contributed by atoms with Crippen LogP contribution < -0.4 is 16.3 Å². The van der Waals surface area contributed by atoms with Gasteiger partial charge in [0.1, 0.15) is 16.6 Å². The maximum atomic E-state index is 13.3. The SMILES string of the molecule is CCN=c1ccc2c(c1)oc(=O)c1c(-c3ccccc3C(=O)O)c3ccc(NCC)cc3oc12. The van der Waals surface area contributed by atoms with E-state index in [1.54, 1.807) is 24.3 Å². The highest BCUT2D eigenvalue weighted by molar-refractivity contribution is 6.16. The molecule has 2 heterocycles. The van der Waals surface area contributed by atoms with Crippen LogP contribution in [0.1, 0.15) is 24.2 Å². The van der Waals surface area contributed by atoms with Crippen LogP contribution in [0, 0.1) is 0 Å². The Bertz CT molecular complexity index is 1710. The number of nitrogens with one attached hydrogen (secondary N) is 1. The zero-order valence-electron chi connectivity index (χ0n) is 18.7. The summed E-state index contributed by atoms with van der Waals surface area (Å²) in [6, 6.07) is 17.5. The number of fused-ring (bicyclic) bond motifs is 4. The summed E-state index contributed by atoms with van der Waals surface area (Å²) in [5.74, 6) is -1.09. The second kappa shape index (κ2) is 8.51. The summed E-state index contributed by atoms with van der Waals surface area (Å²) >= 11 is 0. The molecule has 0 aliphatic heterocycles. The Morgan fingerprint density at radius 2 is 1.74 bits per heavy atom. The minimum Gasteiger partial charge on any atom is -0.478 e. The smallest absolute Gasteiger partial charge is 0.348 e. The molecule has 0 aliphatic rings. The Labute approximate surface area is 194 Å². The van der Waals surface area contributed by atoms with Gasteiger partial charge in [0, 0.05) is 41.9 Å². The van der Waals surface area contributed by atoms with Crippen LogP contribution >= 0.6 is 0 Å². The molecule has 34 heavy (non-hydrogen) atoms. The summed E-state index contributed by atoms with van der Waals surface area (Å²) in [6.45, 7) is 5.25. The van der Waals surface area contributed by atoms with Crippen molar-refractivity contribution in [1.29, 1.82) is 0 Å². The number of benzene rings is 3. The predicted octanol–water partition coefficient (Wildman–Crippen LogP) is 5.41. The largest absolute Gasteiger partial charge is 0.478 e. The molecule has 0 radical (unpaired) electrons. The first-order chi connectivity index (χ1) is 16.5. The molecule has 0 spiro atoms. The number of carboxylic acids is 1. The van der Waals surface area contributed by atoms with E-state index in [1.807, 2.05) is 44.2 Å². The van der Waals surface area contributed by atoms with Crippen LogP contribution in [-0.4, -0.2) is 24.2 Å². The number of rotatable bonds is 5. The van der Waals surface area contributed by atoms with E-state index in [1.165, 1.54) is 6.07 Å². The number of hydrogen-bond acceptors (Lipinski definition) is 6. The second-order valence-corrected chi connectivity index (χ2v) is 7.82. The average Bonchev–Trinajstić information content (AvgIpc) is 2.83. The third-order valence-corrected chi connectivity index (χ3v) is 5.71. The molecule has 0 fully saturated rings. The molecule has 0 saturated carbocycles. The lowest BCUT2D eigenvalue weighted by Crippen LogP contribution is -2.07. The molecule has 0 aliphatic carbocycles. The Hall–Kier alpha value is -4.39. The second-order valence-electron chi connectivity index (χ2n) is 7.82. The Morgan fingerprint density at radius 3 is 2.50 bits per heavy atom. The van der Waals surface area contributed by atoms with E-state index in [9.17, 15) is 14.7 Å². The topological polar surface area (TPSA) is 105 Å². The van der Waals surface area contributed by atoms with E-state index in [4.69, 9.17) is 8.83 Å². The van der Waals surface area contributed by atoms with Gasteiger partial charge in [0.05, 0.1) is 16.3 Å². The molecule has 2 N–H and O–H groups in total. The van der Waals surface area contributed by atoms with Crippen LogP contribution in [0.15, 0.2) is 79.3 Å². The molecule has 170 valence electrons. The van der Waals surface area contributed by atoms with E-state index < -0.39 is 11.6 Å². The number of carbonyl (C=O) groups is 1. The molecular formula is C27H22N2O5. The Balaban J connectivity index is 2.01. The fourth-order valence-corrected chi connectivity index (χ4v) is 4.30. The quantitative estimate of drug-likeness (QED) is 0.209. The van der Waals surface area contributed by atoms with Crippen molar-refractivity contribution in [2.45, 2.75) is 13.8 Å². The van der Waals surface area contributed by atoms with Gasteiger partial charge in [-0.3, -0.25) is 4.99 Å². The first-order valence-corrected chi connectivity index (χ1v) is 11.1. The lowest BCUT2D eigenvalue weighted by atomic mass is 9.93. The van der Waals surface area contributed by atoms with Crippen molar-refractivity contribution in [2.24, 2.45) is 4.99 Å². The van der Waals surface area contributed by atoms with E-state index >= 15 is 0 Å². The van der Waals surface area contributed by atoms with Crippen LogP contribution in [0.4, 0.5) is 5.69 Å². The monoisotopic (exact) mass is 454 g/mol. The summed E-state index contributed by atoms with van der Waals surface area (Å²) in [4.78, 5) is 29.8. The van der Waals surface area contributed by atoms with Crippen LogP contribution in [-0.2, 0) is 0 Å². The minimum absolute atomic E-state index is 0.0867. The fourth-order valence-electron chi connectivity index (χ4n) is 4.30. The first kappa shape index (κ1) is 21.5. The maximum Gasteiger partial charge on any atom is 0.348 e. The predicted molar refractivity (Wildman–Crippen MR) is 132 cm³/mol. The highest BCUT2D eigenvalue weighted by atomic mass is 16.4. The molecule has 3 aromatic carbocycles. The average molecular weight is 454 g/mol. The Morgan fingerprint density at radius 1 is 0.971 bits per heavy atom. The third kappa shape index (κ3) is 3.51. The van der Waals surface area contributed by atoms with Gasteiger partial charge in [0.25, 0.3) is 0 Å². The molecule has 0 unspecified atom stereocenters. The molecule has 0 amide bonds. The number of carboxylic acid groups (broad SMARTS) is 1. The molecule has 7 heteroatoms. The molecule has 5 aromatic rings. The number of aromatic carboxylic acids is 1. The van der Waals surface area contributed by atoms with Crippen LogP contribution in [0.2, 0.25) is 0 Å². The van der Waals surface area contributed by atoms with Crippen molar-refractivity contribution < 1.29 is 18.7 Å². The summed E-state index contributed by atoms with van der Waals surface area (Å²) in [6.07, 6.45) is 0. The molecule has 0 atom stereocenters. The minimum atomic E-state index is -1.09. The highest BCUT2D eigenvalue weighted by Gasteiger charge is 2.22. The van der Waals surface area contributed by atoms with Crippen molar-refractivity contribution in [3.8, 4) is 11.1 Å². The lowest BCUT2D eigenvalue weighted by Gasteiger charge is -2.14. The zero-order valence-corrected chi connectivity index (χ0v) is 18.7. The van der Waals surface area contributed by atoms with E-state index in [-0.39, 0.29) is 10.9 Å². The normalized spacial score (nSPS) is 12.0. The maximum absolute atomic E-state index is 13.3. The number of nitrogens with zero attached hydrogens (tertiary/aromatic N) is 1. The van der Waals surface area contributed by atoms with Crippen molar-refractivity contribution in [1.82, 2.24) is 0 Å². The first-order valence-electron chi connectivity index (χ1n) is 11.1. The fraction of sp³-hybridized carbons (Fsp3) is 0.148. The molecule has 0 bridgehead atoms. The van der Waals surface area contributed by atoms with Gasteiger partial charge in [-0.15, -0.1) is 0 Å². The Kier molecular flexibility index (Phi) is 5.37. The van der Waals surface area contributed by atoms with Crippen LogP contribution in [0.5, 0.6) is 0 Å². The van der Waals surface area contributed by atoms with Gasteiger partial charge in [-0.05, 0) is 49.7 Å². The molecular weight excluding hydrogens is 432 g/mol. The van der Waals surface area contributed by atoms with E-state index in [0.29, 0.717) is 50.6 Å². The summed E-state index contributed by atoms with van der Waals surface area (Å²) < 4.78 is 12.0. The van der Waals surface area contributed by atoms with Crippen molar-refractivity contribution in [3.63, 3.8) is 0 Å². The molecule has 2 aromatic heterocycles. The van der Waals surface area contributed by atoms with Crippen LogP contribution in [0.3, 0.4) is 0 Å². The van der Waals surface area contributed by atoms with Gasteiger partial charge in [-0.2, -0.15) is 0 Å². The van der Waals surface area contributed by atoms with Crippen molar-refractivity contribution >= 4 is 44.6 Å². The van der Waals surface area contributed by atoms with Crippen molar-refractivity contribution in [2.75, 3.05) is 18.4 Å². The third-order valence-electron chi connectivity index (χ3n) is 5.71. The van der Waals surface area contributed by atoms with Gasteiger partial charge in [-0.25, -0.2) is 9.59 Å². The van der Waals surface area contributed by atoms with Gasteiger partial charge in [0.15, 0.2) is 5.58 Å². The summed E-state index contributed by atoms with van der Waals surface area (Å²) in [5, 5.41) is 15.2. The standard InChI is InChI=1S/C27H22N2O5/c1-3-28-15-9-11-19-21(13-15)33-25-20-12-10-16(29-4-2)14-22(20)34-27(32)24(25)23(19)17-7-5-6-8-18(17)26(30)31/h5-14,28H,3-4H2,1-2H3,(H,30,31). The van der Waals surface area contributed by atoms with Gasteiger partial charge < -0.3 is 19.3 Å². The van der Waals surface area contributed by atoms with E-state index in [2.05, 4.69) is 10.3 Å². The molecule has 5 rings (SSSR count). The zero-order chi connectivity index (χ0) is 23.8. The van der Waals surface area contributed by atoms with Gasteiger partial charge in [0.2, 0.25) is 0 Å². The van der Waals surface area contributed by atoms with Gasteiger partial charge in [-0.1, -0.05) is 18.2 Å². The number of anilines is 1. The van der Waals surface area contributed by atoms with Crippen LogP contribution in [0.25, 0.3) is 44.0 Å². The van der Waals surface area contributed by atoms with Gasteiger partial charge >= 0.3 is 11.6 Å². The molecule has 0 saturated heterocycles. The highest BCUT2D eigenvalue weighted by Crippen LogP contribution is 2.39. The molecule has 7 nitrogen and oxygen atoms in total. The number of hydrogen-bond donors (Lipinski definition) is 2. The van der Waals surface area contributed by atoms with E-state index in [0.717, 1.165) is 12.2 Å². The van der Waals surface area contributed by atoms with Crippen molar-refractivity contribution in [3.05, 3.63) is 82.0 Å².